The summed E-state index contributed by atoms with van der Waals surface area (Å²) in [5.41, 5.74) is 0. The summed E-state index contributed by atoms with van der Waals surface area (Å²) in [7, 11) is -3.16. The molecule has 1 saturated heterocycles. The van der Waals surface area contributed by atoms with Crippen molar-refractivity contribution >= 4 is 15.8 Å². The zero-order chi connectivity index (χ0) is 9.19. The standard InChI is InChI=1S/C6H11NO4S/c8-6(9)3-5-4-7-1-2-12(5,10)11/h5,7H,1-4H2,(H,8,9). The number of carboxylic acid groups (broad SMARTS) is 1. The molecule has 1 atom stereocenters. The zero-order valence-corrected chi connectivity index (χ0v) is 7.30. The van der Waals surface area contributed by atoms with Gasteiger partial charge in [0.25, 0.3) is 0 Å². The van der Waals surface area contributed by atoms with Crippen LogP contribution in [-0.2, 0) is 14.6 Å². The molecule has 1 fully saturated rings. The number of hydrogen-bond donors (Lipinski definition) is 2. The summed E-state index contributed by atoms with van der Waals surface area (Å²) in [6.45, 7) is 0.688. The van der Waals surface area contributed by atoms with Gasteiger partial charge in [-0.15, -0.1) is 0 Å². The molecule has 0 amide bonds. The van der Waals surface area contributed by atoms with E-state index in [1.165, 1.54) is 0 Å². The summed E-state index contributed by atoms with van der Waals surface area (Å²) in [6, 6.07) is 0. The average molecular weight is 193 g/mol. The Morgan fingerprint density at radius 1 is 1.58 bits per heavy atom. The minimum atomic E-state index is -3.16. The van der Waals surface area contributed by atoms with Crippen LogP contribution in [0.5, 0.6) is 0 Å². The Bertz CT molecular complexity index is 271. The minimum Gasteiger partial charge on any atom is -0.481 e. The molecule has 12 heavy (non-hydrogen) atoms. The summed E-state index contributed by atoms with van der Waals surface area (Å²) in [4.78, 5) is 10.3. The third-order valence-corrected chi connectivity index (χ3v) is 3.97. The topological polar surface area (TPSA) is 83.5 Å². The molecule has 1 rings (SSSR count). The van der Waals surface area contributed by atoms with E-state index in [2.05, 4.69) is 5.32 Å². The van der Waals surface area contributed by atoms with Crippen LogP contribution in [0.25, 0.3) is 0 Å². The van der Waals surface area contributed by atoms with Crippen LogP contribution in [0.4, 0.5) is 0 Å². The van der Waals surface area contributed by atoms with E-state index in [1.807, 2.05) is 0 Å². The first kappa shape index (κ1) is 9.47. The van der Waals surface area contributed by atoms with Crippen LogP contribution >= 0.6 is 0 Å². The van der Waals surface area contributed by atoms with Crippen LogP contribution in [0.3, 0.4) is 0 Å². The van der Waals surface area contributed by atoms with Crippen molar-refractivity contribution in [1.29, 1.82) is 0 Å². The van der Waals surface area contributed by atoms with Gasteiger partial charge in [-0.25, -0.2) is 8.42 Å². The molecule has 1 aliphatic heterocycles. The molecule has 0 aromatic carbocycles. The monoisotopic (exact) mass is 193 g/mol. The lowest BCUT2D eigenvalue weighted by atomic mass is 10.3. The van der Waals surface area contributed by atoms with Gasteiger partial charge in [-0.2, -0.15) is 0 Å². The van der Waals surface area contributed by atoms with Crippen LogP contribution in [0, 0.1) is 0 Å². The van der Waals surface area contributed by atoms with Gasteiger partial charge in [0.15, 0.2) is 9.84 Å². The molecule has 0 radical (unpaired) electrons. The highest BCUT2D eigenvalue weighted by molar-refractivity contribution is 7.92. The zero-order valence-electron chi connectivity index (χ0n) is 6.49. The second kappa shape index (κ2) is 3.40. The van der Waals surface area contributed by atoms with Crippen LogP contribution in [0.15, 0.2) is 0 Å². The van der Waals surface area contributed by atoms with E-state index in [0.717, 1.165) is 0 Å². The molecule has 0 spiro atoms. The molecule has 5 nitrogen and oxygen atoms in total. The SMILES string of the molecule is O=C(O)CC1CNCCS1(=O)=O. The highest BCUT2D eigenvalue weighted by Gasteiger charge is 2.30. The first-order valence-electron chi connectivity index (χ1n) is 3.66. The van der Waals surface area contributed by atoms with E-state index in [4.69, 9.17) is 5.11 Å². The fourth-order valence-corrected chi connectivity index (χ4v) is 2.70. The highest BCUT2D eigenvalue weighted by Crippen LogP contribution is 2.09. The smallest absolute Gasteiger partial charge is 0.304 e. The quantitative estimate of drug-likeness (QED) is 0.578. The Morgan fingerprint density at radius 2 is 2.25 bits per heavy atom. The van der Waals surface area contributed by atoms with Gasteiger partial charge < -0.3 is 10.4 Å². The maximum absolute atomic E-state index is 11.2. The number of aliphatic carboxylic acids is 1. The minimum absolute atomic E-state index is 0.0466. The number of rotatable bonds is 2. The van der Waals surface area contributed by atoms with Crippen molar-refractivity contribution in [3.05, 3.63) is 0 Å². The van der Waals surface area contributed by atoms with Crippen molar-refractivity contribution in [1.82, 2.24) is 5.32 Å². The van der Waals surface area contributed by atoms with E-state index in [9.17, 15) is 13.2 Å². The van der Waals surface area contributed by atoms with E-state index >= 15 is 0 Å². The van der Waals surface area contributed by atoms with Gasteiger partial charge in [-0.1, -0.05) is 0 Å². The van der Waals surface area contributed by atoms with Gasteiger partial charge in [0, 0.05) is 13.1 Å². The summed E-state index contributed by atoms with van der Waals surface area (Å²) >= 11 is 0. The van der Waals surface area contributed by atoms with Crippen LogP contribution < -0.4 is 5.32 Å². The lowest BCUT2D eigenvalue weighted by molar-refractivity contribution is -0.137. The van der Waals surface area contributed by atoms with Gasteiger partial charge in [-0.3, -0.25) is 4.79 Å². The van der Waals surface area contributed by atoms with E-state index in [0.29, 0.717) is 6.54 Å². The number of sulfone groups is 1. The first-order valence-corrected chi connectivity index (χ1v) is 5.38. The second-order valence-electron chi connectivity index (χ2n) is 2.79. The molecule has 1 aliphatic rings. The Labute approximate surface area is 70.7 Å². The molecule has 1 unspecified atom stereocenters. The summed E-state index contributed by atoms with van der Waals surface area (Å²) < 4.78 is 22.4. The lowest BCUT2D eigenvalue weighted by Gasteiger charge is -2.21. The Kier molecular flexibility index (Phi) is 2.69. The Hall–Kier alpha value is -0.620. The maximum Gasteiger partial charge on any atom is 0.304 e. The van der Waals surface area contributed by atoms with Crippen molar-refractivity contribution in [2.45, 2.75) is 11.7 Å². The largest absolute Gasteiger partial charge is 0.481 e. The maximum atomic E-state index is 11.2. The van der Waals surface area contributed by atoms with Gasteiger partial charge in [0.2, 0.25) is 0 Å². The predicted molar refractivity (Wildman–Crippen MR) is 42.7 cm³/mol. The molecule has 2 N–H and O–H groups in total. The molecule has 0 aliphatic carbocycles. The van der Waals surface area contributed by atoms with E-state index < -0.39 is 21.1 Å². The molecule has 0 bridgehead atoms. The van der Waals surface area contributed by atoms with Crippen molar-refractivity contribution < 1.29 is 18.3 Å². The molecule has 70 valence electrons. The average Bonchev–Trinajstić information content (AvgIpc) is 1.92. The third kappa shape index (κ3) is 2.18. The molecule has 0 aromatic heterocycles. The highest BCUT2D eigenvalue weighted by atomic mass is 32.2. The van der Waals surface area contributed by atoms with Crippen molar-refractivity contribution in [3.63, 3.8) is 0 Å². The summed E-state index contributed by atoms with van der Waals surface area (Å²) in [6.07, 6.45) is -0.296. The van der Waals surface area contributed by atoms with Gasteiger partial charge in [0.1, 0.15) is 0 Å². The number of nitrogens with one attached hydrogen (secondary N) is 1. The van der Waals surface area contributed by atoms with Gasteiger partial charge >= 0.3 is 5.97 Å². The fraction of sp³-hybridized carbons (Fsp3) is 0.833. The predicted octanol–water partition coefficient (Wildman–Crippen LogP) is -1.15. The normalized spacial score (nSPS) is 28.2. The van der Waals surface area contributed by atoms with Crippen molar-refractivity contribution in [2.75, 3.05) is 18.8 Å². The Morgan fingerprint density at radius 3 is 2.75 bits per heavy atom. The number of hydrogen-bond acceptors (Lipinski definition) is 4. The van der Waals surface area contributed by atoms with Crippen LogP contribution in [0.1, 0.15) is 6.42 Å². The van der Waals surface area contributed by atoms with Crippen LogP contribution in [0.2, 0.25) is 0 Å². The number of carbonyl (C=O) groups is 1. The van der Waals surface area contributed by atoms with Gasteiger partial charge in [0.05, 0.1) is 17.4 Å². The van der Waals surface area contributed by atoms with Crippen molar-refractivity contribution in [3.8, 4) is 0 Å². The lowest BCUT2D eigenvalue weighted by Crippen LogP contribution is -2.44. The molecule has 0 saturated carbocycles. The number of carboxylic acids is 1. The molecular formula is C6H11NO4S. The van der Waals surface area contributed by atoms with E-state index in [-0.39, 0.29) is 18.7 Å². The van der Waals surface area contributed by atoms with E-state index in [1.54, 1.807) is 0 Å². The molecule has 1 heterocycles. The first-order chi connectivity index (χ1) is 5.52. The molecule has 0 aromatic rings. The fourth-order valence-electron chi connectivity index (χ4n) is 1.17. The Balaban J connectivity index is 2.67. The molecule has 6 heteroatoms. The van der Waals surface area contributed by atoms with Gasteiger partial charge in [-0.05, 0) is 0 Å². The summed E-state index contributed by atoms with van der Waals surface area (Å²) in [5, 5.41) is 10.5. The second-order valence-corrected chi connectivity index (χ2v) is 5.19. The summed E-state index contributed by atoms with van der Waals surface area (Å²) in [5.74, 6) is -1.02. The molecular weight excluding hydrogens is 182 g/mol. The third-order valence-electron chi connectivity index (χ3n) is 1.85. The van der Waals surface area contributed by atoms with Crippen LogP contribution in [-0.4, -0.2) is 43.6 Å². The van der Waals surface area contributed by atoms with Crippen molar-refractivity contribution in [2.24, 2.45) is 0 Å².